The molecule has 1 unspecified atom stereocenters. The largest absolute Gasteiger partial charge is 0.481 e. The summed E-state index contributed by atoms with van der Waals surface area (Å²) in [5.74, 6) is -0.939. The molecule has 0 rings (SSSR count). The van der Waals surface area contributed by atoms with Gasteiger partial charge < -0.3 is 15.3 Å². The zero-order chi connectivity index (χ0) is 15.1. The van der Waals surface area contributed by atoms with Crippen LogP contribution in [0.25, 0.3) is 0 Å². The van der Waals surface area contributed by atoms with Gasteiger partial charge in [-0.3, -0.25) is 4.79 Å². The number of carbonyl (C=O) groups excluding carboxylic acids is 1. The third kappa shape index (κ3) is 9.15. The van der Waals surface area contributed by atoms with Gasteiger partial charge in [0.2, 0.25) is 0 Å². The van der Waals surface area contributed by atoms with Crippen molar-refractivity contribution in [2.45, 2.75) is 45.3 Å². The van der Waals surface area contributed by atoms with Gasteiger partial charge >= 0.3 is 18.2 Å². The standard InChI is InChI=1S/C11H19F3N2O3/c1-3-16(7-11(12,13)14)10(19)15-8(2)5-4-6-9(17)18/h8H,3-7H2,1-2H3,(H,15,19)(H,17,18). The van der Waals surface area contributed by atoms with E-state index < -0.39 is 24.7 Å². The Balaban J connectivity index is 4.14. The van der Waals surface area contributed by atoms with Crippen LogP contribution in [0.5, 0.6) is 0 Å². The van der Waals surface area contributed by atoms with E-state index in [9.17, 15) is 22.8 Å². The molecule has 0 aliphatic carbocycles. The monoisotopic (exact) mass is 284 g/mol. The number of amides is 2. The van der Waals surface area contributed by atoms with Crippen molar-refractivity contribution in [3.63, 3.8) is 0 Å². The first-order valence-corrected chi connectivity index (χ1v) is 5.99. The SMILES string of the molecule is CCN(CC(F)(F)F)C(=O)NC(C)CCCC(=O)O. The van der Waals surface area contributed by atoms with Crippen LogP contribution in [0.2, 0.25) is 0 Å². The summed E-state index contributed by atoms with van der Waals surface area (Å²) >= 11 is 0. The highest BCUT2D eigenvalue weighted by molar-refractivity contribution is 5.74. The number of carboxylic acid groups (broad SMARTS) is 1. The van der Waals surface area contributed by atoms with Crippen LogP contribution in [0.15, 0.2) is 0 Å². The molecule has 0 saturated heterocycles. The van der Waals surface area contributed by atoms with Crippen LogP contribution in [-0.4, -0.2) is 47.3 Å². The van der Waals surface area contributed by atoms with Gasteiger partial charge in [-0.05, 0) is 26.7 Å². The van der Waals surface area contributed by atoms with Gasteiger partial charge in [0.1, 0.15) is 6.54 Å². The number of rotatable bonds is 7. The van der Waals surface area contributed by atoms with Crippen molar-refractivity contribution in [3.05, 3.63) is 0 Å². The van der Waals surface area contributed by atoms with Crippen molar-refractivity contribution < 1.29 is 27.9 Å². The summed E-state index contributed by atoms with van der Waals surface area (Å²) in [5, 5.41) is 10.9. The average Bonchev–Trinajstić information content (AvgIpc) is 2.23. The molecule has 2 amide bonds. The molecule has 0 saturated carbocycles. The molecule has 0 radical (unpaired) electrons. The lowest BCUT2D eigenvalue weighted by Crippen LogP contribution is -2.47. The Labute approximate surface area is 109 Å². The second-order valence-electron chi connectivity index (χ2n) is 4.27. The van der Waals surface area contributed by atoms with Gasteiger partial charge in [0.25, 0.3) is 0 Å². The molecule has 0 aliphatic heterocycles. The van der Waals surface area contributed by atoms with Crippen LogP contribution >= 0.6 is 0 Å². The van der Waals surface area contributed by atoms with E-state index >= 15 is 0 Å². The minimum absolute atomic E-state index is 0.0275. The van der Waals surface area contributed by atoms with E-state index in [4.69, 9.17) is 5.11 Å². The van der Waals surface area contributed by atoms with E-state index in [0.717, 1.165) is 0 Å². The van der Waals surface area contributed by atoms with Crippen molar-refractivity contribution in [1.29, 1.82) is 0 Å². The van der Waals surface area contributed by atoms with Crippen LogP contribution in [0.3, 0.4) is 0 Å². The lowest BCUT2D eigenvalue weighted by Gasteiger charge is -2.24. The Morgan fingerprint density at radius 2 is 1.95 bits per heavy atom. The lowest BCUT2D eigenvalue weighted by molar-refractivity contribution is -0.140. The maximum absolute atomic E-state index is 12.2. The van der Waals surface area contributed by atoms with E-state index in [1.807, 2.05) is 0 Å². The molecule has 0 aromatic carbocycles. The molecule has 5 nitrogen and oxygen atoms in total. The second kappa shape index (κ2) is 7.85. The quantitative estimate of drug-likeness (QED) is 0.753. The molecule has 112 valence electrons. The Hall–Kier alpha value is -1.47. The highest BCUT2D eigenvalue weighted by Gasteiger charge is 2.32. The van der Waals surface area contributed by atoms with E-state index in [0.29, 0.717) is 17.7 Å². The molecule has 0 aromatic rings. The van der Waals surface area contributed by atoms with Crippen LogP contribution in [-0.2, 0) is 4.79 Å². The van der Waals surface area contributed by atoms with Crippen molar-refractivity contribution >= 4 is 12.0 Å². The van der Waals surface area contributed by atoms with Gasteiger partial charge in [0, 0.05) is 19.0 Å². The number of nitrogens with zero attached hydrogens (tertiary/aromatic N) is 1. The van der Waals surface area contributed by atoms with E-state index in [2.05, 4.69) is 5.32 Å². The summed E-state index contributed by atoms with van der Waals surface area (Å²) in [6.07, 6.45) is -3.69. The van der Waals surface area contributed by atoms with Crippen molar-refractivity contribution in [1.82, 2.24) is 10.2 Å². The number of carboxylic acids is 1. The summed E-state index contributed by atoms with van der Waals surface area (Å²) in [6, 6.07) is -1.16. The molecule has 1 atom stereocenters. The smallest absolute Gasteiger partial charge is 0.406 e. The van der Waals surface area contributed by atoms with Crippen LogP contribution in [0.4, 0.5) is 18.0 Å². The van der Waals surface area contributed by atoms with Crippen LogP contribution in [0, 0.1) is 0 Å². The molecule has 0 spiro atoms. The third-order valence-electron chi connectivity index (χ3n) is 2.44. The van der Waals surface area contributed by atoms with Gasteiger partial charge in [-0.1, -0.05) is 0 Å². The summed E-state index contributed by atoms with van der Waals surface area (Å²) in [4.78, 5) is 22.5. The fourth-order valence-electron chi connectivity index (χ4n) is 1.48. The normalized spacial score (nSPS) is 12.9. The number of halogens is 3. The number of nitrogens with one attached hydrogen (secondary N) is 1. The van der Waals surface area contributed by atoms with E-state index in [-0.39, 0.29) is 19.0 Å². The molecule has 0 fully saturated rings. The molecule has 0 aliphatic rings. The maximum Gasteiger partial charge on any atom is 0.406 e. The lowest BCUT2D eigenvalue weighted by atomic mass is 10.1. The van der Waals surface area contributed by atoms with Crippen LogP contribution < -0.4 is 5.32 Å². The topological polar surface area (TPSA) is 69.6 Å². The summed E-state index contributed by atoms with van der Waals surface area (Å²) < 4.78 is 36.6. The molecule has 8 heteroatoms. The molecule has 19 heavy (non-hydrogen) atoms. The first-order valence-electron chi connectivity index (χ1n) is 5.99. The van der Waals surface area contributed by atoms with Crippen molar-refractivity contribution in [2.75, 3.05) is 13.1 Å². The predicted octanol–water partition coefficient (Wildman–Crippen LogP) is 2.22. The number of aliphatic carboxylic acids is 1. The molecular weight excluding hydrogens is 265 g/mol. The second-order valence-corrected chi connectivity index (χ2v) is 4.27. The van der Waals surface area contributed by atoms with Gasteiger partial charge in [-0.15, -0.1) is 0 Å². The van der Waals surface area contributed by atoms with Gasteiger partial charge in [-0.2, -0.15) is 13.2 Å². The molecule has 0 bridgehead atoms. The number of hydrogen-bond acceptors (Lipinski definition) is 2. The Kier molecular flexibility index (Phi) is 7.25. The minimum atomic E-state index is -4.43. The van der Waals surface area contributed by atoms with E-state index in [1.165, 1.54) is 6.92 Å². The van der Waals surface area contributed by atoms with Gasteiger partial charge in [0.15, 0.2) is 0 Å². The summed E-state index contributed by atoms with van der Waals surface area (Å²) in [6.45, 7) is 1.74. The molecule has 2 N–H and O–H groups in total. The third-order valence-corrected chi connectivity index (χ3v) is 2.44. The molecule has 0 heterocycles. The molecule has 0 aromatic heterocycles. The Morgan fingerprint density at radius 3 is 2.37 bits per heavy atom. The molecular formula is C11H19F3N2O3. The summed E-state index contributed by atoms with van der Waals surface area (Å²) in [7, 11) is 0. The van der Waals surface area contributed by atoms with Gasteiger partial charge in [0.05, 0.1) is 0 Å². The predicted molar refractivity (Wildman–Crippen MR) is 62.8 cm³/mol. The first kappa shape index (κ1) is 17.5. The number of carbonyl (C=O) groups is 2. The number of hydrogen-bond donors (Lipinski definition) is 2. The highest BCUT2D eigenvalue weighted by Crippen LogP contribution is 2.16. The highest BCUT2D eigenvalue weighted by atomic mass is 19.4. The van der Waals surface area contributed by atoms with E-state index in [1.54, 1.807) is 6.92 Å². The first-order chi connectivity index (χ1) is 8.65. The van der Waals surface area contributed by atoms with Crippen molar-refractivity contribution in [2.24, 2.45) is 0 Å². The zero-order valence-corrected chi connectivity index (χ0v) is 11.0. The van der Waals surface area contributed by atoms with Gasteiger partial charge in [-0.25, -0.2) is 4.79 Å². The van der Waals surface area contributed by atoms with Crippen molar-refractivity contribution in [3.8, 4) is 0 Å². The number of urea groups is 1. The average molecular weight is 284 g/mol. The fourth-order valence-corrected chi connectivity index (χ4v) is 1.48. The summed E-state index contributed by atoms with van der Waals surface area (Å²) in [5.41, 5.74) is 0. The Bertz CT molecular complexity index is 308. The zero-order valence-electron chi connectivity index (χ0n) is 11.0. The van der Waals surface area contributed by atoms with Crippen LogP contribution in [0.1, 0.15) is 33.1 Å². The fraction of sp³-hybridized carbons (Fsp3) is 0.818. The number of alkyl halides is 3. The maximum atomic E-state index is 12.2. The minimum Gasteiger partial charge on any atom is -0.481 e. The Morgan fingerprint density at radius 1 is 1.37 bits per heavy atom.